The lowest BCUT2D eigenvalue weighted by Gasteiger charge is -2.17. The third kappa shape index (κ3) is 4.88. The molecule has 0 aliphatic rings. The molecule has 0 aliphatic heterocycles. The van der Waals surface area contributed by atoms with Gasteiger partial charge in [-0.15, -0.1) is 0 Å². The minimum atomic E-state index is -4.64. The molecular weight excluding hydrogens is 284 g/mol. The zero-order valence-electron chi connectivity index (χ0n) is 9.68. The van der Waals surface area contributed by atoms with Crippen molar-refractivity contribution in [3.63, 3.8) is 0 Å². The molecular formula is C8H13NO7P2. The van der Waals surface area contributed by atoms with Gasteiger partial charge in [-0.05, 0) is 12.1 Å². The lowest BCUT2D eigenvalue weighted by atomic mass is 10.3. The van der Waals surface area contributed by atoms with Crippen LogP contribution in [0.3, 0.4) is 0 Å². The fraction of sp³-hybridized carbons (Fsp3) is 0.250. The van der Waals surface area contributed by atoms with Crippen molar-refractivity contribution in [2.75, 3.05) is 19.7 Å². The molecule has 0 fully saturated rings. The molecule has 2 N–H and O–H groups in total. The summed E-state index contributed by atoms with van der Waals surface area (Å²) in [5.41, 5.74) is 2.60. The van der Waals surface area contributed by atoms with Gasteiger partial charge in [0.15, 0.2) is 0 Å². The number of anilines is 1. The van der Waals surface area contributed by atoms with Crippen molar-refractivity contribution < 1.29 is 32.0 Å². The minimum Gasteiger partial charge on any atom is -0.301 e. The molecule has 0 saturated heterocycles. The summed E-state index contributed by atoms with van der Waals surface area (Å²) >= 11 is 0. The van der Waals surface area contributed by atoms with Crippen LogP contribution in [0, 0.1) is 0 Å². The normalized spacial score (nSPS) is 15.1. The molecule has 102 valence electrons. The van der Waals surface area contributed by atoms with Crippen molar-refractivity contribution in [2.45, 2.75) is 0 Å². The molecule has 0 aromatic heterocycles. The molecule has 0 radical (unpaired) electrons. The van der Waals surface area contributed by atoms with Crippen LogP contribution in [0.1, 0.15) is 0 Å². The van der Waals surface area contributed by atoms with E-state index in [0.717, 1.165) is 14.2 Å². The van der Waals surface area contributed by atoms with Gasteiger partial charge in [0.25, 0.3) is 0 Å². The number of hydrogen-bond acceptors (Lipinski definition) is 7. The molecule has 1 unspecified atom stereocenters. The fourth-order valence-electron chi connectivity index (χ4n) is 0.901. The molecule has 1 atom stereocenters. The van der Waals surface area contributed by atoms with Gasteiger partial charge in [0.1, 0.15) is 0 Å². The van der Waals surface area contributed by atoms with Crippen molar-refractivity contribution in [3.05, 3.63) is 30.3 Å². The van der Waals surface area contributed by atoms with E-state index in [0.29, 0.717) is 5.69 Å². The molecule has 0 spiro atoms. The number of para-hydroxylation sites is 1. The molecule has 1 aromatic carbocycles. The predicted octanol–water partition coefficient (Wildman–Crippen LogP) is 2.55. The molecule has 1 rings (SSSR count). The van der Waals surface area contributed by atoms with E-state index in [1.807, 2.05) is 0 Å². The molecule has 0 bridgehead atoms. The predicted molar refractivity (Wildman–Crippen MR) is 63.7 cm³/mol. The van der Waals surface area contributed by atoms with E-state index in [1.165, 1.54) is 0 Å². The quantitative estimate of drug-likeness (QED) is 0.584. The Morgan fingerprint density at radius 3 is 2.17 bits per heavy atom. The molecule has 18 heavy (non-hydrogen) atoms. The summed E-state index contributed by atoms with van der Waals surface area (Å²) in [6, 6.07) is 8.30. The molecule has 0 aliphatic carbocycles. The Bertz CT molecular complexity index is 458. The highest BCUT2D eigenvalue weighted by Crippen LogP contribution is 2.62. The summed E-state index contributed by atoms with van der Waals surface area (Å²) in [5, 5.41) is 0. The topological polar surface area (TPSA) is 103 Å². The highest BCUT2D eigenvalue weighted by molar-refractivity contribution is 7.61. The SMILES string of the molecule is COP(=O)(OC)OP(=O)(O)ONc1ccccc1. The first-order valence-electron chi connectivity index (χ1n) is 4.66. The molecule has 0 amide bonds. The van der Waals surface area contributed by atoms with Gasteiger partial charge in [-0.2, -0.15) is 8.94 Å². The average molecular weight is 297 g/mol. The molecule has 10 heteroatoms. The van der Waals surface area contributed by atoms with E-state index < -0.39 is 15.6 Å². The van der Waals surface area contributed by atoms with Gasteiger partial charge in [-0.1, -0.05) is 18.2 Å². The van der Waals surface area contributed by atoms with Crippen LogP contribution in [0.2, 0.25) is 0 Å². The van der Waals surface area contributed by atoms with Crippen LogP contribution in [0.25, 0.3) is 0 Å². The van der Waals surface area contributed by atoms with Crippen molar-refractivity contribution >= 4 is 21.3 Å². The summed E-state index contributed by atoms with van der Waals surface area (Å²) in [6.07, 6.45) is 0. The number of benzene rings is 1. The molecule has 0 heterocycles. The molecule has 8 nitrogen and oxygen atoms in total. The van der Waals surface area contributed by atoms with E-state index in [9.17, 15) is 14.0 Å². The van der Waals surface area contributed by atoms with Gasteiger partial charge in [-0.25, -0.2) is 9.13 Å². The van der Waals surface area contributed by atoms with Crippen LogP contribution >= 0.6 is 15.6 Å². The Morgan fingerprint density at radius 1 is 1.11 bits per heavy atom. The van der Waals surface area contributed by atoms with Crippen LogP contribution in [-0.4, -0.2) is 19.1 Å². The van der Waals surface area contributed by atoms with Crippen LogP contribution in [0.15, 0.2) is 30.3 Å². The average Bonchev–Trinajstić information content (AvgIpc) is 2.37. The summed E-state index contributed by atoms with van der Waals surface area (Å²) in [6.45, 7) is 0. The lowest BCUT2D eigenvalue weighted by molar-refractivity contribution is 0.170. The Morgan fingerprint density at radius 2 is 1.67 bits per heavy atom. The van der Waals surface area contributed by atoms with E-state index in [-0.39, 0.29) is 0 Å². The highest BCUT2D eigenvalue weighted by atomic mass is 31.3. The lowest BCUT2D eigenvalue weighted by Crippen LogP contribution is -2.02. The number of phosphoric acid groups is 2. The van der Waals surface area contributed by atoms with Gasteiger partial charge in [0.05, 0.1) is 5.69 Å². The van der Waals surface area contributed by atoms with E-state index in [1.54, 1.807) is 30.3 Å². The van der Waals surface area contributed by atoms with Crippen molar-refractivity contribution in [2.24, 2.45) is 0 Å². The Labute approximate surface area is 104 Å². The summed E-state index contributed by atoms with van der Waals surface area (Å²) in [5.74, 6) is 0. The highest BCUT2D eigenvalue weighted by Gasteiger charge is 2.37. The first-order valence-corrected chi connectivity index (χ1v) is 7.62. The van der Waals surface area contributed by atoms with Crippen molar-refractivity contribution in [3.8, 4) is 0 Å². The van der Waals surface area contributed by atoms with E-state index in [2.05, 4.69) is 23.5 Å². The smallest absolute Gasteiger partial charge is 0.301 e. The largest absolute Gasteiger partial charge is 0.502 e. The number of nitrogens with one attached hydrogen (secondary N) is 1. The molecule has 1 aromatic rings. The van der Waals surface area contributed by atoms with Gasteiger partial charge < -0.3 is 4.89 Å². The Balaban J connectivity index is 2.60. The van der Waals surface area contributed by atoms with Gasteiger partial charge in [-0.3, -0.25) is 14.5 Å². The van der Waals surface area contributed by atoms with Crippen LogP contribution in [0.5, 0.6) is 0 Å². The minimum absolute atomic E-state index is 0.417. The van der Waals surface area contributed by atoms with Gasteiger partial charge >= 0.3 is 15.6 Å². The first kappa shape index (κ1) is 15.3. The summed E-state index contributed by atoms with van der Waals surface area (Å²) < 4.78 is 40.3. The van der Waals surface area contributed by atoms with Crippen molar-refractivity contribution in [1.29, 1.82) is 0 Å². The first-order chi connectivity index (χ1) is 8.41. The standard InChI is InChI=1S/C8H13NO7P2/c1-13-18(12,14-2)16-17(10,11)15-9-8-6-4-3-5-7-8/h3-7,9H,1-2H3,(H,10,11). The molecule has 0 saturated carbocycles. The Kier molecular flexibility index (Phi) is 5.49. The van der Waals surface area contributed by atoms with Crippen LogP contribution in [0.4, 0.5) is 5.69 Å². The maximum atomic E-state index is 11.5. The fourth-order valence-corrected chi connectivity index (χ4v) is 2.95. The monoisotopic (exact) mass is 297 g/mol. The maximum Gasteiger partial charge on any atom is 0.502 e. The van der Waals surface area contributed by atoms with Crippen LogP contribution in [-0.2, 0) is 27.1 Å². The third-order valence-corrected chi connectivity index (χ3v) is 4.54. The Hall–Kier alpha value is -0.720. The zero-order chi connectivity index (χ0) is 13.6. The number of phosphoric ester groups is 1. The van der Waals surface area contributed by atoms with E-state index >= 15 is 0 Å². The van der Waals surface area contributed by atoms with Crippen LogP contribution < -0.4 is 5.48 Å². The number of hydrogen-bond donors (Lipinski definition) is 2. The number of rotatable bonds is 7. The van der Waals surface area contributed by atoms with Gasteiger partial charge in [0.2, 0.25) is 0 Å². The second-order valence-electron chi connectivity index (χ2n) is 2.92. The maximum absolute atomic E-state index is 11.5. The third-order valence-electron chi connectivity index (χ3n) is 1.70. The zero-order valence-corrected chi connectivity index (χ0v) is 11.5. The van der Waals surface area contributed by atoms with Crippen molar-refractivity contribution in [1.82, 2.24) is 0 Å². The second kappa shape index (κ2) is 6.45. The van der Waals surface area contributed by atoms with E-state index in [4.69, 9.17) is 0 Å². The second-order valence-corrected chi connectivity index (χ2v) is 6.32. The summed E-state index contributed by atoms with van der Waals surface area (Å²) in [7, 11) is -6.72. The van der Waals surface area contributed by atoms with Gasteiger partial charge in [0, 0.05) is 14.2 Å². The summed E-state index contributed by atoms with van der Waals surface area (Å²) in [4.78, 5) is 9.29.